The summed E-state index contributed by atoms with van der Waals surface area (Å²) in [6.45, 7) is 6.88. The smallest absolute Gasteiger partial charge is 0.130 e. The van der Waals surface area contributed by atoms with Crippen LogP contribution in [0.3, 0.4) is 0 Å². The van der Waals surface area contributed by atoms with Crippen molar-refractivity contribution in [1.82, 2.24) is 19.9 Å². The van der Waals surface area contributed by atoms with Gasteiger partial charge in [0.15, 0.2) is 0 Å². The van der Waals surface area contributed by atoms with Gasteiger partial charge in [0.25, 0.3) is 0 Å². The molecule has 5 aromatic rings. The number of ether oxygens (including phenoxy) is 1. The molecular formula is C29H26N4O. The average molecular weight is 447 g/mol. The van der Waals surface area contributed by atoms with Gasteiger partial charge >= 0.3 is 0 Å². The van der Waals surface area contributed by atoms with E-state index in [1.165, 1.54) is 33.4 Å². The highest BCUT2D eigenvalue weighted by atomic mass is 16.5. The van der Waals surface area contributed by atoms with Crippen LogP contribution in [0.4, 0.5) is 0 Å². The van der Waals surface area contributed by atoms with E-state index in [1.807, 2.05) is 6.92 Å². The van der Waals surface area contributed by atoms with E-state index in [0.717, 1.165) is 58.2 Å². The van der Waals surface area contributed by atoms with Gasteiger partial charge in [-0.25, -0.2) is 9.97 Å². The third kappa shape index (κ3) is 2.86. The molecule has 2 N–H and O–H groups in total. The van der Waals surface area contributed by atoms with Crippen LogP contribution in [0.5, 0.6) is 5.75 Å². The van der Waals surface area contributed by atoms with Crippen LogP contribution >= 0.6 is 0 Å². The van der Waals surface area contributed by atoms with Crippen LogP contribution in [0.2, 0.25) is 0 Å². The molecule has 5 heteroatoms. The standard InChI is InChI=1S/C29H26N4O/c1-15(2)29-32-24-11-10-21-20-7-4-17(12-19(20)6-8-22(21)27(24)33-29)18-5-9-23-26(13-18)34-14-25-28(23)31-16(3)30-25/h4-5,7,9-13,15H,6,8,14H2,1-3H3,(H,30,31)(H,32,33). The van der Waals surface area contributed by atoms with Crippen LogP contribution in [-0.4, -0.2) is 19.9 Å². The van der Waals surface area contributed by atoms with E-state index >= 15 is 0 Å². The van der Waals surface area contributed by atoms with Gasteiger partial charge in [0.05, 0.1) is 22.4 Å². The summed E-state index contributed by atoms with van der Waals surface area (Å²) in [7, 11) is 0. The van der Waals surface area contributed by atoms with Gasteiger partial charge in [-0.3, -0.25) is 0 Å². The van der Waals surface area contributed by atoms with Crippen LogP contribution in [-0.2, 0) is 19.4 Å². The first-order valence-corrected chi connectivity index (χ1v) is 12.0. The number of imidazole rings is 2. The predicted molar refractivity (Wildman–Crippen MR) is 135 cm³/mol. The molecule has 7 rings (SSSR count). The first-order chi connectivity index (χ1) is 16.5. The zero-order chi connectivity index (χ0) is 23.0. The zero-order valence-electron chi connectivity index (χ0n) is 19.6. The molecule has 0 saturated heterocycles. The lowest BCUT2D eigenvalue weighted by Gasteiger charge is -2.22. The molecule has 0 amide bonds. The molecule has 0 spiro atoms. The predicted octanol–water partition coefficient (Wildman–Crippen LogP) is 6.71. The second-order valence-corrected chi connectivity index (χ2v) is 9.79. The van der Waals surface area contributed by atoms with E-state index in [0.29, 0.717) is 12.5 Å². The fraction of sp³-hybridized carbons (Fsp3) is 0.241. The minimum absolute atomic E-state index is 0.394. The molecule has 2 aromatic heterocycles. The van der Waals surface area contributed by atoms with Crippen molar-refractivity contribution in [3.63, 3.8) is 0 Å². The van der Waals surface area contributed by atoms with Crippen molar-refractivity contribution >= 4 is 11.0 Å². The molecule has 3 heterocycles. The summed E-state index contributed by atoms with van der Waals surface area (Å²) < 4.78 is 6.06. The Hall–Kier alpha value is -3.86. The number of fused-ring (bicyclic) bond motifs is 8. The van der Waals surface area contributed by atoms with Crippen molar-refractivity contribution in [2.75, 3.05) is 0 Å². The van der Waals surface area contributed by atoms with Crippen molar-refractivity contribution in [2.24, 2.45) is 0 Å². The molecule has 2 aliphatic rings. The Morgan fingerprint density at radius 1 is 0.853 bits per heavy atom. The van der Waals surface area contributed by atoms with Crippen molar-refractivity contribution < 1.29 is 4.74 Å². The summed E-state index contributed by atoms with van der Waals surface area (Å²) in [5.74, 6) is 3.29. The molecule has 3 aromatic carbocycles. The summed E-state index contributed by atoms with van der Waals surface area (Å²) in [5, 5.41) is 0. The van der Waals surface area contributed by atoms with E-state index in [9.17, 15) is 0 Å². The molecule has 5 nitrogen and oxygen atoms in total. The van der Waals surface area contributed by atoms with Crippen molar-refractivity contribution in [2.45, 2.75) is 46.1 Å². The first kappa shape index (κ1) is 19.6. The maximum absolute atomic E-state index is 6.06. The Balaban J connectivity index is 1.28. The Labute approximate surface area is 198 Å². The van der Waals surface area contributed by atoms with Gasteiger partial charge in [0.2, 0.25) is 0 Å². The number of nitrogens with one attached hydrogen (secondary N) is 2. The Morgan fingerprint density at radius 3 is 2.50 bits per heavy atom. The topological polar surface area (TPSA) is 66.6 Å². The van der Waals surface area contributed by atoms with Gasteiger partial charge in [-0.1, -0.05) is 44.2 Å². The van der Waals surface area contributed by atoms with Crippen molar-refractivity contribution in [3.8, 4) is 39.3 Å². The summed E-state index contributed by atoms with van der Waals surface area (Å²) in [4.78, 5) is 16.4. The monoisotopic (exact) mass is 446 g/mol. The van der Waals surface area contributed by atoms with E-state index in [-0.39, 0.29) is 0 Å². The molecule has 0 radical (unpaired) electrons. The molecule has 1 aliphatic heterocycles. The number of rotatable bonds is 2. The molecule has 0 atom stereocenters. The molecule has 1 aliphatic carbocycles. The third-order valence-corrected chi connectivity index (χ3v) is 7.20. The third-order valence-electron chi connectivity index (χ3n) is 7.20. The molecule has 0 unspecified atom stereocenters. The Morgan fingerprint density at radius 2 is 1.65 bits per heavy atom. The summed E-state index contributed by atoms with van der Waals surface area (Å²) in [5.41, 5.74) is 13.2. The first-order valence-electron chi connectivity index (χ1n) is 12.0. The summed E-state index contributed by atoms with van der Waals surface area (Å²) in [6.07, 6.45) is 2.04. The number of nitrogens with zero attached hydrogens (tertiary/aromatic N) is 2. The molecule has 0 bridgehead atoms. The number of hydrogen-bond donors (Lipinski definition) is 2. The SMILES string of the molecule is Cc1nc2c([nH]1)COc1cc(-c3ccc4c(c3)CCc3c-4ccc4[nH]c(C(C)C)nc34)ccc1-2. The number of aryl methyl sites for hydroxylation is 3. The highest BCUT2D eigenvalue weighted by Gasteiger charge is 2.23. The van der Waals surface area contributed by atoms with Gasteiger partial charge in [-0.2, -0.15) is 0 Å². The second-order valence-electron chi connectivity index (χ2n) is 9.79. The van der Waals surface area contributed by atoms with E-state index in [4.69, 9.17) is 9.72 Å². The number of hydrogen-bond acceptors (Lipinski definition) is 3. The highest BCUT2D eigenvalue weighted by Crippen LogP contribution is 2.41. The second kappa shape index (κ2) is 7.07. The maximum atomic E-state index is 6.06. The van der Waals surface area contributed by atoms with Gasteiger partial charge in [-0.15, -0.1) is 0 Å². The van der Waals surface area contributed by atoms with Gasteiger partial charge in [0, 0.05) is 11.5 Å². The van der Waals surface area contributed by atoms with E-state index in [2.05, 4.69) is 77.3 Å². The number of aromatic amines is 2. The van der Waals surface area contributed by atoms with Crippen molar-refractivity contribution in [1.29, 1.82) is 0 Å². The summed E-state index contributed by atoms with van der Waals surface area (Å²) in [6, 6.07) is 17.8. The normalized spacial score (nSPS) is 13.9. The highest BCUT2D eigenvalue weighted by molar-refractivity contribution is 5.90. The lowest BCUT2D eigenvalue weighted by atomic mass is 9.83. The Kier molecular flexibility index (Phi) is 4.07. The van der Waals surface area contributed by atoms with E-state index < -0.39 is 0 Å². The van der Waals surface area contributed by atoms with Crippen LogP contribution in [0.25, 0.3) is 44.5 Å². The Bertz CT molecular complexity index is 1600. The lowest BCUT2D eigenvalue weighted by molar-refractivity contribution is 0.298. The number of benzene rings is 3. The van der Waals surface area contributed by atoms with Gasteiger partial charge < -0.3 is 14.7 Å². The van der Waals surface area contributed by atoms with Crippen LogP contribution < -0.4 is 4.74 Å². The maximum Gasteiger partial charge on any atom is 0.130 e. The minimum atomic E-state index is 0.394. The quantitative estimate of drug-likeness (QED) is 0.317. The van der Waals surface area contributed by atoms with Gasteiger partial charge in [-0.05, 0) is 71.3 Å². The largest absolute Gasteiger partial charge is 0.487 e. The summed E-state index contributed by atoms with van der Waals surface area (Å²) >= 11 is 0. The average Bonchev–Trinajstić information content (AvgIpc) is 3.46. The molecular weight excluding hydrogens is 420 g/mol. The molecule has 0 fully saturated rings. The van der Waals surface area contributed by atoms with Gasteiger partial charge in [0.1, 0.15) is 24.0 Å². The number of aromatic nitrogens is 4. The van der Waals surface area contributed by atoms with Crippen molar-refractivity contribution in [3.05, 3.63) is 77.0 Å². The van der Waals surface area contributed by atoms with Crippen LogP contribution in [0.15, 0.2) is 48.5 Å². The number of H-pyrrole nitrogens is 2. The minimum Gasteiger partial charge on any atom is -0.487 e. The zero-order valence-corrected chi connectivity index (χ0v) is 19.6. The molecule has 168 valence electrons. The fourth-order valence-corrected chi connectivity index (χ4v) is 5.47. The lowest BCUT2D eigenvalue weighted by Crippen LogP contribution is -2.06. The van der Waals surface area contributed by atoms with Crippen LogP contribution in [0.1, 0.15) is 48.2 Å². The van der Waals surface area contributed by atoms with E-state index in [1.54, 1.807) is 0 Å². The fourth-order valence-electron chi connectivity index (χ4n) is 5.47. The molecule has 0 saturated carbocycles. The van der Waals surface area contributed by atoms with Crippen LogP contribution in [0, 0.1) is 6.92 Å². The molecule has 34 heavy (non-hydrogen) atoms.